The van der Waals surface area contributed by atoms with Crippen LogP contribution in [0, 0.1) is 0 Å². The first-order valence-electron chi connectivity index (χ1n) is 8.85. The molecule has 0 aliphatic rings. The summed E-state index contributed by atoms with van der Waals surface area (Å²) in [7, 11) is 0. The Morgan fingerprint density at radius 1 is 1.00 bits per heavy atom. The Balaban J connectivity index is 1.67. The lowest BCUT2D eigenvalue weighted by molar-refractivity contribution is -0.128. The number of hydrogen-bond donors (Lipinski definition) is 1. The molecule has 30 heavy (non-hydrogen) atoms. The van der Waals surface area contributed by atoms with Gasteiger partial charge in [-0.15, -0.1) is 0 Å². The van der Waals surface area contributed by atoms with Crippen LogP contribution in [0.1, 0.15) is 21.5 Å². The average molecular weight is 484 g/mol. The summed E-state index contributed by atoms with van der Waals surface area (Å²) in [6.07, 6.45) is 4.42. The SMILES string of the molecule is O=C(/C=C/c1ccccc1)Oc1ccc(Br)cc1/C=N/NC(=O)c1ccc(Cl)cc1. The minimum atomic E-state index is -0.527. The lowest BCUT2D eigenvalue weighted by Gasteiger charge is -2.06. The number of hydrogen-bond acceptors (Lipinski definition) is 4. The smallest absolute Gasteiger partial charge is 0.336 e. The van der Waals surface area contributed by atoms with Crippen LogP contribution in [0.5, 0.6) is 5.75 Å². The predicted molar refractivity (Wildman–Crippen MR) is 122 cm³/mol. The van der Waals surface area contributed by atoms with E-state index < -0.39 is 5.97 Å². The van der Waals surface area contributed by atoms with Gasteiger partial charge in [0.2, 0.25) is 0 Å². The minimum Gasteiger partial charge on any atom is -0.423 e. The fraction of sp³-hybridized carbons (Fsp3) is 0. The van der Waals surface area contributed by atoms with Gasteiger partial charge in [0, 0.05) is 26.7 Å². The number of hydrazone groups is 1. The first kappa shape index (κ1) is 21.5. The van der Waals surface area contributed by atoms with Crippen LogP contribution in [-0.2, 0) is 4.79 Å². The van der Waals surface area contributed by atoms with E-state index in [0.29, 0.717) is 21.9 Å². The van der Waals surface area contributed by atoms with E-state index in [4.69, 9.17) is 16.3 Å². The summed E-state index contributed by atoms with van der Waals surface area (Å²) in [6, 6.07) is 21.0. The Kier molecular flexibility index (Phi) is 7.54. The summed E-state index contributed by atoms with van der Waals surface area (Å²) in [4.78, 5) is 24.3. The molecule has 0 spiro atoms. The van der Waals surface area contributed by atoms with Crippen molar-refractivity contribution in [1.82, 2.24) is 5.43 Å². The molecule has 3 aromatic rings. The highest BCUT2D eigenvalue weighted by atomic mass is 79.9. The third-order valence-electron chi connectivity index (χ3n) is 3.87. The number of esters is 1. The van der Waals surface area contributed by atoms with E-state index in [1.165, 1.54) is 12.3 Å². The quantitative estimate of drug-likeness (QED) is 0.166. The zero-order chi connectivity index (χ0) is 21.3. The third kappa shape index (κ3) is 6.40. The molecule has 0 fully saturated rings. The number of amides is 1. The van der Waals surface area contributed by atoms with Gasteiger partial charge in [-0.2, -0.15) is 5.10 Å². The molecule has 0 saturated carbocycles. The van der Waals surface area contributed by atoms with Gasteiger partial charge < -0.3 is 4.74 Å². The van der Waals surface area contributed by atoms with E-state index in [1.807, 2.05) is 30.3 Å². The van der Waals surface area contributed by atoms with Crippen molar-refractivity contribution >= 4 is 51.7 Å². The molecule has 0 heterocycles. The van der Waals surface area contributed by atoms with Crippen LogP contribution in [0.2, 0.25) is 5.02 Å². The van der Waals surface area contributed by atoms with Gasteiger partial charge in [0.15, 0.2) is 0 Å². The topological polar surface area (TPSA) is 67.8 Å². The number of rotatable bonds is 6. The highest BCUT2D eigenvalue weighted by molar-refractivity contribution is 9.10. The van der Waals surface area contributed by atoms with Gasteiger partial charge >= 0.3 is 5.97 Å². The number of benzene rings is 3. The third-order valence-corrected chi connectivity index (χ3v) is 4.62. The number of halogens is 2. The number of carbonyl (C=O) groups is 2. The molecular weight excluding hydrogens is 468 g/mol. The van der Waals surface area contributed by atoms with Crippen LogP contribution in [0.25, 0.3) is 6.08 Å². The summed E-state index contributed by atoms with van der Waals surface area (Å²) in [6.45, 7) is 0. The summed E-state index contributed by atoms with van der Waals surface area (Å²) in [5, 5.41) is 4.49. The Morgan fingerprint density at radius 2 is 1.73 bits per heavy atom. The van der Waals surface area contributed by atoms with E-state index in [9.17, 15) is 9.59 Å². The summed E-state index contributed by atoms with van der Waals surface area (Å²) < 4.78 is 6.18. The van der Waals surface area contributed by atoms with Crippen LogP contribution in [0.15, 0.2) is 88.4 Å². The summed E-state index contributed by atoms with van der Waals surface area (Å²) in [5.74, 6) is -0.603. The van der Waals surface area contributed by atoms with Crippen LogP contribution in [0.4, 0.5) is 0 Å². The first-order chi connectivity index (χ1) is 14.5. The van der Waals surface area contributed by atoms with E-state index in [2.05, 4.69) is 26.5 Å². The fourth-order valence-electron chi connectivity index (χ4n) is 2.41. The van der Waals surface area contributed by atoms with Gasteiger partial charge in [0.25, 0.3) is 5.91 Å². The highest BCUT2D eigenvalue weighted by Crippen LogP contribution is 2.22. The van der Waals surface area contributed by atoms with Crippen LogP contribution in [-0.4, -0.2) is 18.1 Å². The molecule has 0 aromatic heterocycles. The molecular formula is C23H16BrClN2O3. The molecule has 1 amide bonds. The first-order valence-corrected chi connectivity index (χ1v) is 10.0. The second-order valence-electron chi connectivity index (χ2n) is 6.05. The van der Waals surface area contributed by atoms with Crippen molar-refractivity contribution in [3.8, 4) is 5.75 Å². The fourth-order valence-corrected chi connectivity index (χ4v) is 2.91. The monoisotopic (exact) mass is 482 g/mol. The lowest BCUT2D eigenvalue weighted by atomic mass is 10.2. The maximum atomic E-state index is 12.2. The Hall–Kier alpha value is -3.22. The minimum absolute atomic E-state index is 0.311. The standard InChI is InChI=1S/C23H16BrClN2O3/c24-19-9-12-21(30-22(28)13-6-16-4-2-1-3-5-16)18(14-19)15-26-27-23(29)17-7-10-20(25)11-8-17/h1-15H,(H,27,29)/b13-6+,26-15+. The number of nitrogens with zero attached hydrogens (tertiary/aromatic N) is 1. The van der Waals surface area contributed by atoms with Gasteiger partial charge in [-0.25, -0.2) is 10.2 Å². The molecule has 150 valence electrons. The second-order valence-corrected chi connectivity index (χ2v) is 7.41. The van der Waals surface area contributed by atoms with Crippen LogP contribution in [0.3, 0.4) is 0 Å². The molecule has 3 aromatic carbocycles. The molecule has 0 unspecified atom stereocenters. The van der Waals surface area contributed by atoms with Crippen LogP contribution >= 0.6 is 27.5 Å². The maximum Gasteiger partial charge on any atom is 0.336 e. The van der Waals surface area contributed by atoms with E-state index >= 15 is 0 Å². The highest BCUT2D eigenvalue weighted by Gasteiger charge is 2.08. The number of carbonyl (C=O) groups excluding carboxylic acids is 2. The molecule has 0 aliphatic heterocycles. The summed E-state index contributed by atoms with van der Waals surface area (Å²) >= 11 is 9.19. The molecule has 0 radical (unpaired) electrons. The maximum absolute atomic E-state index is 12.2. The molecule has 7 heteroatoms. The van der Waals surface area contributed by atoms with Gasteiger partial charge in [-0.05, 0) is 54.1 Å². The zero-order valence-corrected chi connectivity index (χ0v) is 17.9. The van der Waals surface area contributed by atoms with E-state index in [0.717, 1.165) is 10.0 Å². The number of ether oxygens (including phenoxy) is 1. The Morgan fingerprint density at radius 3 is 2.47 bits per heavy atom. The molecule has 0 aliphatic carbocycles. The lowest BCUT2D eigenvalue weighted by Crippen LogP contribution is -2.17. The van der Waals surface area contributed by atoms with Crippen molar-refractivity contribution in [2.75, 3.05) is 0 Å². The molecule has 0 atom stereocenters. The van der Waals surface area contributed by atoms with Crippen molar-refractivity contribution < 1.29 is 14.3 Å². The zero-order valence-electron chi connectivity index (χ0n) is 15.6. The normalized spacial score (nSPS) is 11.0. The van der Waals surface area contributed by atoms with Crippen molar-refractivity contribution in [2.24, 2.45) is 5.10 Å². The van der Waals surface area contributed by atoms with E-state index in [-0.39, 0.29) is 5.91 Å². The van der Waals surface area contributed by atoms with Gasteiger partial charge in [-0.1, -0.05) is 57.9 Å². The molecule has 3 rings (SSSR count). The largest absolute Gasteiger partial charge is 0.423 e. The van der Waals surface area contributed by atoms with Crippen molar-refractivity contribution in [1.29, 1.82) is 0 Å². The van der Waals surface area contributed by atoms with Gasteiger partial charge in [-0.3, -0.25) is 4.79 Å². The molecule has 5 nitrogen and oxygen atoms in total. The predicted octanol–water partition coefficient (Wildman–Crippen LogP) is 5.49. The molecule has 1 N–H and O–H groups in total. The molecule has 0 bridgehead atoms. The second kappa shape index (κ2) is 10.5. The average Bonchev–Trinajstić information content (AvgIpc) is 2.75. The van der Waals surface area contributed by atoms with Crippen LogP contribution < -0.4 is 10.2 Å². The molecule has 0 saturated heterocycles. The number of nitrogens with one attached hydrogen (secondary N) is 1. The van der Waals surface area contributed by atoms with Crippen molar-refractivity contribution in [2.45, 2.75) is 0 Å². The Labute approximate surface area is 187 Å². The van der Waals surface area contributed by atoms with Crippen molar-refractivity contribution in [3.63, 3.8) is 0 Å². The van der Waals surface area contributed by atoms with E-state index in [1.54, 1.807) is 48.5 Å². The van der Waals surface area contributed by atoms with Gasteiger partial charge in [0.05, 0.1) is 6.21 Å². The van der Waals surface area contributed by atoms with Crippen molar-refractivity contribution in [3.05, 3.63) is 105 Å². The van der Waals surface area contributed by atoms with Gasteiger partial charge in [0.1, 0.15) is 5.75 Å². The Bertz CT molecular complexity index is 1100. The summed E-state index contributed by atoms with van der Waals surface area (Å²) in [5.41, 5.74) is 4.25.